The lowest BCUT2D eigenvalue weighted by molar-refractivity contribution is -0.146. The number of halogens is 6. The van der Waals surface area contributed by atoms with Crippen molar-refractivity contribution in [2.24, 2.45) is 0 Å². The van der Waals surface area contributed by atoms with Crippen molar-refractivity contribution in [3.8, 4) is 0 Å². The van der Waals surface area contributed by atoms with Crippen molar-refractivity contribution in [3.63, 3.8) is 0 Å². The number of alkyl halides is 6. The van der Waals surface area contributed by atoms with E-state index in [9.17, 15) is 26.3 Å². The minimum atomic E-state index is -4.72. The fourth-order valence-electron chi connectivity index (χ4n) is 2.27. The summed E-state index contributed by atoms with van der Waals surface area (Å²) in [4.78, 5) is 0. The van der Waals surface area contributed by atoms with Gasteiger partial charge in [-0.2, -0.15) is 30.9 Å². The number of hydrogen-bond donors (Lipinski definition) is 1. The second-order valence-electron chi connectivity index (χ2n) is 5.45. The number of nitrogens with one attached hydrogen (secondary N) is 1. The summed E-state index contributed by atoms with van der Waals surface area (Å²) < 4.78 is 76.1. The van der Waals surface area contributed by atoms with E-state index in [1.165, 1.54) is 24.3 Å². The molecule has 5 nitrogen and oxygen atoms in total. The fraction of sp³-hybridized carbons (Fsp3) is 0.267. The highest BCUT2D eigenvalue weighted by Crippen LogP contribution is 2.28. The van der Waals surface area contributed by atoms with Crippen LogP contribution in [0.25, 0.3) is 5.65 Å². The van der Waals surface area contributed by atoms with Crippen LogP contribution < -0.4 is 5.32 Å². The Bertz CT molecular complexity index is 915. The minimum absolute atomic E-state index is 0.0655. The lowest BCUT2D eigenvalue weighted by Gasteiger charge is -2.10. The van der Waals surface area contributed by atoms with Gasteiger partial charge in [-0.15, -0.1) is 15.3 Å². The van der Waals surface area contributed by atoms with Crippen molar-refractivity contribution in [3.05, 3.63) is 47.8 Å². The molecule has 11 heteroatoms. The number of rotatable bonds is 4. The van der Waals surface area contributed by atoms with E-state index in [0.29, 0.717) is 15.8 Å². The van der Waals surface area contributed by atoms with Gasteiger partial charge in [-0.25, -0.2) is 0 Å². The molecule has 0 spiro atoms. The van der Waals surface area contributed by atoms with Gasteiger partial charge in [0.15, 0.2) is 11.5 Å². The lowest BCUT2D eigenvalue weighted by Crippen LogP contribution is -2.13. The monoisotopic (exact) mass is 375 g/mol. The standard InChI is InChI=1S/C15H11F6N5/c16-14(17,18)7-6-9-2-1-3-10(8-9)22-11-4-5-12-23-24-13(15(19,20)21)26(12)25-11/h1-5,8H,6-7H2,(H,22,25). The van der Waals surface area contributed by atoms with Crippen molar-refractivity contribution in [2.45, 2.75) is 25.2 Å². The van der Waals surface area contributed by atoms with Gasteiger partial charge in [-0.1, -0.05) is 12.1 Å². The highest BCUT2D eigenvalue weighted by molar-refractivity contribution is 5.58. The highest BCUT2D eigenvalue weighted by Gasteiger charge is 2.37. The summed E-state index contributed by atoms with van der Waals surface area (Å²) in [6.07, 6.45) is -10.1. The number of nitrogens with zero attached hydrogens (tertiary/aromatic N) is 4. The first kappa shape index (κ1) is 18.0. The average molecular weight is 375 g/mol. The summed E-state index contributed by atoms with van der Waals surface area (Å²) in [5.41, 5.74) is 0.758. The normalized spacial score (nSPS) is 12.5. The number of aryl methyl sites for hydroxylation is 1. The Morgan fingerprint density at radius 2 is 1.73 bits per heavy atom. The van der Waals surface area contributed by atoms with Crippen LogP contribution in [-0.2, 0) is 12.6 Å². The van der Waals surface area contributed by atoms with E-state index in [1.807, 2.05) is 0 Å². The molecule has 0 saturated carbocycles. The molecule has 0 amide bonds. The maximum absolute atomic E-state index is 12.9. The van der Waals surface area contributed by atoms with Gasteiger partial charge in [-0.05, 0) is 36.2 Å². The Labute approximate surface area is 142 Å². The van der Waals surface area contributed by atoms with Gasteiger partial charge in [0, 0.05) is 12.1 Å². The molecule has 0 unspecified atom stereocenters. The lowest BCUT2D eigenvalue weighted by atomic mass is 10.1. The van der Waals surface area contributed by atoms with Crippen LogP contribution in [0.15, 0.2) is 36.4 Å². The summed E-state index contributed by atoms with van der Waals surface area (Å²) in [6, 6.07) is 8.83. The van der Waals surface area contributed by atoms with Gasteiger partial charge in [0.05, 0.1) is 0 Å². The van der Waals surface area contributed by atoms with Crippen molar-refractivity contribution in [1.82, 2.24) is 19.8 Å². The van der Waals surface area contributed by atoms with Gasteiger partial charge in [0.2, 0.25) is 0 Å². The maximum atomic E-state index is 12.9. The molecule has 0 saturated heterocycles. The van der Waals surface area contributed by atoms with Crippen molar-refractivity contribution in [1.29, 1.82) is 0 Å². The molecule has 2 aromatic heterocycles. The molecule has 2 heterocycles. The van der Waals surface area contributed by atoms with E-state index >= 15 is 0 Å². The zero-order chi connectivity index (χ0) is 18.9. The molecule has 26 heavy (non-hydrogen) atoms. The van der Waals surface area contributed by atoms with Gasteiger partial charge in [0.1, 0.15) is 0 Å². The summed E-state index contributed by atoms with van der Waals surface area (Å²) >= 11 is 0. The fourth-order valence-corrected chi connectivity index (χ4v) is 2.27. The van der Waals surface area contributed by atoms with Crippen molar-refractivity contribution in [2.75, 3.05) is 5.32 Å². The predicted octanol–water partition coefficient (Wildman–Crippen LogP) is 4.38. The molecular weight excluding hydrogens is 364 g/mol. The maximum Gasteiger partial charge on any atom is 0.453 e. The van der Waals surface area contributed by atoms with E-state index < -0.39 is 24.6 Å². The average Bonchev–Trinajstić information content (AvgIpc) is 2.96. The molecule has 0 aliphatic carbocycles. The number of anilines is 2. The van der Waals surface area contributed by atoms with E-state index in [4.69, 9.17) is 0 Å². The Hall–Kier alpha value is -2.85. The quantitative estimate of drug-likeness (QED) is 0.688. The van der Waals surface area contributed by atoms with Gasteiger partial charge >= 0.3 is 12.4 Å². The molecule has 3 rings (SSSR count). The van der Waals surface area contributed by atoms with Crippen LogP contribution in [-0.4, -0.2) is 26.0 Å². The van der Waals surface area contributed by atoms with Crippen LogP contribution in [0, 0.1) is 0 Å². The topological polar surface area (TPSA) is 55.1 Å². The molecule has 0 aliphatic heterocycles. The van der Waals surface area contributed by atoms with Crippen LogP contribution in [0.5, 0.6) is 0 Å². The summed E-state index contributed by atoms with van der Waals surface area (Å²) in [6.45, 7) is 0. The van der Waals surface area contributed by atoms with Gasteiger partial charge in [-0.3, -0.25) is 0 Å². The number of aromatic nitrogens is 4. The molecule has 0 fully saturated rings. The zero-order valence-corrected chi connectivity index (χ0v) is 12.9. The summed E-state index contributed by atoms with van der Waals surface area (Å²) in [7, 11) is 0. The largest absolute Gasteiger partial charge is 0.453 e. The highest BCUT2D eigenvalue weighted by atomic mass is 19.4. The molecule has 0 bridgehead atoms. The molecule has 0 radical (unpaired) electrons. The van der Waals surface area contributed by atoms with Gasteiger partial charge < -0.3 is 5.32 Å². The molecule has 3 aromatic rings. The molecule has 0 atom stereocenters. The third-order valence-corrected chi connectivity index (χ3v) is 3.41. The summed E-state index contributed by atoms with van der Waals surface area (Å²) in [5, 5.41) is 13.0. The second-order valence-corrected chi connectivity index (χ2v) is 5.45. The minimum Gasteiger partial charge on any atom is -0.339 e. The predicted molar refractivity (Wildman–Crippen MR) is 79.9 cm³/mol. The Balaban J connectivity index is 1.83. The van der Waals surface area contributed by atoms with Crippen LogP contribution in [0.1, 0.15) is 17.8 Å². The SMILES string of the molecule is FC(F)(F)CCc1cccc(Nc2ccc3nnc(C(F)(F)F)n3n2)c1. The van der Waals surface area contributed by atoms with E-state index in [0.717, 1.165) is 0 Å². The van der Waals surface area contributed by atoms with Crippen molar-refractivity contribution >= 4 is 17.2 Å². The van der Waals surface area contributed by atoms with E-state index in [2.05, 4.69) is 20.6 Å². The molecule has 1 aromatic carbocycles. The Kier molecular flexibility index (Phi) is 4.46. The first-order chi connectivity index (χ1) is 12.1. The van der Waals surface area contributed by atoms with E-state index in [-0.39, 0.29) is 17.9 Å². The number of hydrogen-bond acceptors (Lipinski definition) is 4. The third-order valence-electron chi connectivity index (χ3n) is 3.41. The Morgan fingerprint density at radius 1 is 0.962 bits per heavy atom. The third kappa shape index (κ3) is 4.21. The first-order valence-electron chi connectivity index (χ1n) is 7.34. The van der Waals surface area contributed by atoms with Crippen LogP contribution in [0.3, 0.4) is 0 Å². The number of fused-ring (bicyclic) bond motifs is 1. The molecular formula is C15H11F6N5. The van der Waals surface area contributed by atoms with Crippen LogP contribution in [0.2, 0.25) is 0 Å². The van der Waals surface area contributed by atoms with Crippen LogP contribution in [0.4, 0.5) is 37.8 Å². The molecule has 138 valence electrons. The van der Waals surface area contributed by atoms with Crippen LogP contribution >= 0.6 is 0 Å². The van der Waals surface area contributed by atoms with Gasteiger partial charge in [0.25, 0.3) is 5.82 Å². The second kappa shape index (κ2) is 6.46. The number of benzene rings is 1. The molecule has 1 N–H and O–H groups in total. The Morgan fingerprint density at radius 3 is 2.42 bits per heavy atom. The van der Waals surface area contributed by atoms with Crippen molar-refractivity contribution < 1.29 is 26.3 Å². The first-order valence-corrected chi connectivity index (χ1v) is 7.34. The smallest absolute Gasteiger partial charge is 0.339 e. The summed E-state index contributed by atoms with van der Waals surface area (Å²) in [5.74, 6) is -1.20. The zero-order valence-electron chi connectivity index (χ0n) is 12.9. The molecule has 0 aliphatic rings. The van der Waals surface area contributed by atoms with E-state index in [1.54, 1.807) is 12.1 Å².